The summed E-state index contributed by atoms with van der Waals surface area (Å²) in [5.74, 6) is -0.0572. The molecular formula is C26H24N2O. The predicted molar refractivity (Wildman–Crippen MR) is 120 cm³/mol. The highest BCUT2D eigenvalue weighted by Crippen LogP contribution is 2.25. The second-order valence-electron chi connectivity index (χ2n) is 7.16. The van der Waals surface area contributed by atoms with Gasteiger partial charge in [0.1, 0.15) is 0 Å². The van der Waals surface area contributed by atoms with Gasteiger partial charge < -0.3 is 5.32 Å². The fourth-order valence-corrected chi connectivity index (χ4v) is 3.58. The van der Waals surface area contributed by atoms with Gasteiger partial charge in [-0.2, -0.15) is 0 Å². The highest BCUT2D eigenvalue weighted by molar-refractivity contribution is 6.03. The molecule has 4 rings (SSSR count). The molecule has 0 bridgehead atoms. The molecule has 1 atom stereocenters. The number of nitrogens with one attached hydrogen (secondary N) is 2. The highest BCUT2D eigenvalue weighted by atomic mass is 16.2. The molecule has 0 aliphatic carbocycles. The Labute approximate surface area is 171 Å². The maximum atomic E-state index is 13.0. The lowest BCUT2D eigenvalue weighted by atomic mass is 9.98. The van der Waals surface area contributed by atoms with Gasteiger partial charge >= 0.3 is 0 Å². The van der Waals surface area contributed by atoms with Crippen LogP contribution < -0.4 is 10.6 Å². The number of hydrogen-bond donors (Lipinski definition) is 2. The largest absolute Gasteiger partial charge is 0.324 e. The zero-order valence-electron chi connectivity index (χ0n) is 16.4. The second-order valence-corrected chi connectivity index (χ2v) is 7.16. The van der Waals surface area contributed by atoms with Crippen molar-refractivity contribution in [2.24, 2.45) is 0 Å². The zero-order valence-corrected chi connectivity index (χ0v) is 16.4. The Morgan fingerprint density at radius 1 is 0.690 bits per heavy atom. The first-order valence-corrected chi connectivity index (χ1v) is 9.87. The third-order valence-corrected chi connectivity index (χ3v) is 5.12. The van der Waals surface area contributed by atoms with Crippen LogP contribution in [0.15, 0.2) is 103 Å². The monoisotopic (exact) mass is 380 g/mol. The van der Waals surface area contributed by atoms with Crippen molar-refractivity contribution in [1.82, 2.24) is 5.32 Å². The topological polar surface area (TPSA) is 41.1 Å². The van der Waals surface area contributed by atoms with Crippen LogP contribution >= 0.6 is 0 Å². The average Bonchev–Trinajstić information content (AvgIpc) is 2.78. The minimum atomic E-state index is -0.376. The Bertz CT molecular complexity index is 1050. The molecule has 0 fully saturated rings. The Kier molecular flexibility index (Phi) is 5.68. The normalized spacial score (nSPS) is 12.1. The first-order chi connectivity index (χ1) is 14.2. The fraction of sp³-hybridized carbons (Fsp3) is 0.115. The van der Waals surface area contributed by atoms with E-state index in [9.17, 15) is 4.79 Å². The van der Waals surface area contributed by atoms with Gasteiger partial charge in [-0.05, 0) is 29.5 Å². The van der Waals surface area contributed by atoms with Crippen molar-refractivity contribution in [1.29, 1.82) is 0 Å². The molecular weight excluding hydrogens is 356 g/mol. The Morgan fingerprint density at radius 2 is 1.24 bits per heavy atom. The minimum absolute atomic E-state index is 0.0572. The van der Waals surface area contributed by atoms with Crippen molar-refractivity contribution in [2.75, 3.05) is 5.32 Å². The molecule has 0 aliphatic rings. The smallest absolute Gasteiger partial charge is 0.241 e. The maximum Gasteiger partial charge on any atom is 0.241 e. The van der Waals surface area contributed by atoms with Crippen LogP contribution in [0.4, 0.5) is 5.69 Å². The van der Waals surface area contributed by atoms with Crippen molar-refractivity contribution >= 4 is 22.4 Å². The summed E-state index contributed by atoms with van der Waals surface area (Å²) in [5.41, 5.74) is 3.09. The summed E-state index contributed by atoms with van der Waals surface area (Å²) in [6, 6.07) is 34.0. The van der Waals surface area contributed by atoms with Crippen LogP contribution in [0.1, 0.15) is 24.1 Å². The van der Waals surface area contributed by atoms with E-state index in [0.717, 1.165) is 27.6 Å². The van der Waals surface area contributed by atoms with Crippen LogP contribution in [0.2, 0.25) is 0 Å². The van der Waals surface area contributed by atoms with E-state index in [2.05, 4.69) is 34.9 Å². The third-order valence-electron chi connectivity index (χ3n) is 5.12. The molecule has 4 aromatic carbocycles. The van der Waals surface area contributed by atoms with Gasteiger partial charge in [-0.15, -0.1) is 0 Å². The van der Waals surface area contributed by atoms with Gasteiger partial charge in [-0.25, -0.2) is 0 Å². The molecule has 0 heterocycles. The van der Waals surface area contributed by atoms with Crippen molar-refractivity contribution in [3.05, 3.63) is 114 Å². The van der Waals surface area contributed by atoms with Gasteiger partial charge in [-0.3, -0.25) is 10.1 Å². The molecule has 144 valence electrons. The molecule has 0 saturated carbocycles. The van der Waals surface area contributed by atoms with Crippen LogP contribution in [-0.2, 0) is 4.79 Å². The Balaban J connectivity index is 1.56. The summed E-state index contributed by atoms with van der Waals surface area (Å²) >= 11 is 0. The molecule has 4 aromatic rings. The molecule has 0 aromatic heterocycles. The van der Waals surface area contributed by atoms with Crippen molar-refractivity contribution in [2.45, 2.75) is 19.0 Å². The van der Waals surface area contributed by atoms with Gasteiger partial charge in [-0.1, -0.05) is 97.1 Å². The summed E-state index contributed by atoms with van der Waals surface area (Å²) in [6.45, 7) is 1.90. The number of amides is 1. The van der Waals surface area contributed by atoms with Crippen LogP contribution in [-0.4, -0.2) is 11.9 Å². The zero-order chi connectivity index (χ0) is 20.1. The van der Waals surface area contributed by atoms with Crippen molar-refractivity contribution < 1.29 is 4.79 Å². The van der Waals surface area contributed by atoms with Crippen molar-refractivity contribution in [3.8, 4) is 0 Å². The van der Waals surface area contributed by atoms with E-state index < -0.39 is 0 Å². The molecule has 1 amide bonds. The molecule has 3 nitrogen and oxygen atoms in total. The van der Waals surface area contributed by atoms with E-state index in [1.807, 2.05) is 85.8 Å². The van der Waals surface area contributed by atoms with E-state index >= 15 is 0 Å². The lowest BCUT2D eigenvalue weighted by molar-refractivity contribution is -0.117. The number of carbonyl (C=O) groups excluding carboxylic acids is 1. The SMILES string of the molecule is C[C@H](NC(c1ccccc1)c1ccccc1)C(=O)Nc1cccc2ccccc12. The standard InChI is InChI=1S/C26H24N2O/c1-19(26(29)28-24-18-10-16-20-11-8-9-17-23(20)24)27-25(21-12-4-2-5-13-21)22-14-6-3-7-15-22/h2-19,25,27H,1H3,(H,28,29)/t19-/m0/s1. The lowest BCUT2D eigenvalue weighted by Crippen LogP contribution is -2.40. The van der Waals surface area contributed by atoms with Crippen molar-refractivity contribution in [3.63, 3.8) is 0 Å². The van der Waals surface area contributed by atoms with Crippen LogP contribution in [0.3, 0.4) is 0 Å². The molecule has 0 radical (unpaired) electrons. The molecule has 0 aliphatic heterocycles. The molecule has 0 spiro atoms. The molecule has 3 heteroatoms. The van der Waals surface area contributed by atoms with Gasteiger partial charge in [0.25, 0.3) is 0 Å². The van der Waals surface area contributed by atoms with E-state index in [1.165, 1.54) is 0 Å². The first kappa shape index (κ1) is 18.9. The Hall–Kier alpha value is -3.43. The van der Waals surface area contributed by atoms with E-state index in [4.69, 9.17) is 0 Å². The fourth-order valence-electron chi connectivity index (χ4n) is 3.58. The molecule has 29 heavy (non-hydrogen) atoms. The van der Waals surface area contributed by atoms with Crippen LogP contribution in [0.5, 0.6) is 0 Å². The Morgan fingerprint density at radius 3 is 1.90 bits per heavy atom. The van der Waals surface area contributed by atoms with E-state index in [-0.39, 0.29) is 18.0 Å². The summed E-state index contributed by atoms with van der Waals surface area (Å²) in [7, 11) is 0. The second kappa shape index (κ2) is 8.72. The number of rotatable bonds is 6. The van der Waals surface area contributed by atoms with Gasteiger partial charge in [0, 0.05) is 11.1 Å². The predicted octanol–water partition coefficient (Wildman–Crippen LogP) is 5.55. The van der Waals surface area contributed by atoms with E-state index in [0.29, 0.717) is 0 Å². The minimum Gasteiger partial charge on any atom is -0.324 e. The van der Waals surface area contributed by atoms with E-state index in [1.54, 1.807) is 0 Å². The quantitative estimate of drug-likeness (QED) is 0.461. The van der Waals surface area contributed by atoms with Crippen LogP contribution in [0.25, 0.3) is 10.8 Å². The number of hydrogen-bond acceptors (Lipinski definition) is 2. The van der Waals surface area contributed by atoms with Crippen LogP contribution in [0, 0.1) is 0 Å². The molecule has 0 saturated heterocycles. The van der Waals surface area contributed by atoms with Gasteiger partial charge in [0.05, 0.1) is 12.1 Å². The van der Waals surface area contributed by atoms with Gasteiger partial charge in [0.15, 0.2) is 0 Å². The summed E-state index contributed by atoms with van der Waals surface area (Å²) < 4.78 is 0. The number of carbonyl (C=O) groups is 1. The maximum absolute atomic E-state index is 13.0. The highest BCUT2D eigenvalue weighted by Gasteiger charge is 2.21. The number of anilines is 1. The first-order valence-electron chi connectivity index (χ1n) is 9.87. The summed E-state index contributed by atoms with van der Waals surface area (Å²) in [5, 5.41) is 8.75. The summed E-state index contributed by atoms with van der Waals surface area (Å²) in [6.07, 6.45) is 0. The lowest BCUT2D eigenvalue weighted by Gasteiger charge is -2.24. The number of fused-ring (bicyclic) bond motifs is 1. The van der Waals surface area contributed by atoms with Gasteiger partial charge in [0.2, 0.25) is 5.91 Å². The average molecular weight is 380 g/mol. The summed E-state index contributed by atoms with van der Waals surface area (Å²) in [4.78, 5) is 13.0. The number of benzene rings is 4. The third kappa shape index (κ3) is 4.36. The molecule has 0 unspecified atom stereocenters. The molecule has 2 N–H and O–H groups in total.